The van der Waals surface area contributed by atoms with E-state index in [0.29, 0.717) is 5.39 Å². The number of fused-ring (bicyclic) bond motifs is 1. The van der Waals surface area contributed by atoms with Gasteiger partial charge >= 0.3 is 7.12 Å². The molecule has 0 saturated carbocycles. The van der Waals surface area contributed by atoms with Crippen LogP contribution in [0.15, 0.2) is 47.4 Å². The zero-order valence-electron chi connectivity index (χ0n) is 16.6. The highest BCUT2D eigenvalue weighted by atomic mass is 32.2. The van der Waals surface area contributed by atoms with Crippen molar-refractivity contribution < 1.29 is 28.4 Å². The normalized spacial score (nSPS) is 15.1. The van der Waals surface area contributed by atoms with Gasteiger partial charge < -0.3 is 20.5 Å². The molecule has 8 nitrogen and oxygen atoms in total. The Labute approximate surface area is 171 Å². The Hall–Kier alpha value is -1.98. The fourth-order valence-electron chi connectivity index (χ4n) is 2.98. The van der Waals surface area contributed by atoms with Crippen molar-refractivity contribution in [3.8, 4) is 0 Å². The van der Waals surface area contributed by atoms with Crippen LogP contribution in [0.25, 0.3) is 10.8 Å². The Morgan fingerprint density at radius 3 is 2.24 bits per heavy atom. The number of hydrogen-bond donors (Lipinski definition) is 5. The summed E-state index contributed by atoms with van der Waals surface area (Å²) in [6.45, 7) is 4.96. The number of benzene rings is 2. The van der Waals surface area contributed by atoms with E-state index in [1.54, 1.807) is 18.2 Å². The van der Waals surface area contributed by atoms with E-state index in [1.807, 2.05) is 26.0 Å². The van der Waals surface area contributed by atoms with Crippen LogP contribution in [0.3, 0.4) is 0 Å². The maximum atomic E-state index is 12.8. The van der Waals surface area contributed by atoms with Gasteiger partial charge in [-0.1, -0.05) is 44.2 Å². The van der Waals surface area contributed by atoms with Gasteiger partial charge in [-0.3, -0.25) is 4.79 Å². The van der Waals surface area contributed by atoms with Gasteiger partial charge in [-0.15, -0.1) is 0 Å². The molecule has 2 aromatic carbocycles. The predicted molar refractivity (Wildman–Crippen MR) is 111 cm³/mol. The Morgan fingerprint density at radius 2 is 1.69 bits per heavy atom. The van der Waals surface area contributed by atoms with Gasteiger partial charge in [0.05, 0.1) is 16.9 Å². The van der Waals surface area contributed by atoms with Crippen LogP contribution in [0.5, 0.6) is 0 Å². The Morgan fingerprint density at radius 1 is 1.07 bits per heavy atom. The smallest absolute Gasteiger partial charge is 0.426 e. The number of carbonyl (C=O) groups excluding carboxylic acids is 1. The summed E-state index contributed by atoms with van der Waals surface area (Å²) < 4.78 is 27.8. The molecular formula is C19H27BN2O6S. The van der Waals surface area contributed by atoms with Gasteiger partial charge in [-0.2, -0.15) is 4.72 Å². The van der Waals surface area contributed by atoms with E-state index in [1.165, 1.54) is 19.1 Å². The standard InChI is InChI=1S/C19H27BN2O6S/c1-12(2)10-17(20(25)26)21-19(24)18(13(3)23)22-29(27,28)16-9-8-14-6-4-5-7-15(14)11-16/h4-9,11-13,17-18,22-23,25-26H,10H2,1-3H3,(H,21,24)/t13-,17+,18+/m1/s1. The van der Waals surface area contributed by atoms with Gasteiger partial charge in [0.2, 0.25) is 15.9 Å². The topological polar surface area (TPSA) is 136 Å². The van der Waals surface area contributed by atoms with E-state index in [4.69, 9.17) is 0 Å². The van der Waals surface area contributed by atoms with Crippen molar-refractivity contribution >= 4 is 33.8 Å². The first-order valence-electron chi connectivity index (χ1n) is 9.37. The minimum absolute atomic E-state index is 0.0458. The summed E-state index contributed by atoms with van der Waals surface area (Å²) in [5.74, 6) is -1.78. The molecule has 5 N–H and O–H groups in total. The molecule has 0 bridgehead atoms. The van der Waals surface area contributed by atoms with Crippen molar-refractivity contribution in [2.75, 3.05) is 0 Å². The maximum absolute atomic E-state index is 12.8. The maximum Gasteiger partial charge on any atom is 0.475 e. The second-order valence-electron chi connectivity index (χ2n) is 7.51. The molecule has 1 amide bonds. The van der Waals surface area contributed by atoms with E-state index < -0.39 is 41.1 Å². The number of sulfonamides is 1. The molecule has 10 heteroatoms. The SMILES string of the molecule is CC(C)C[C@H](NC(=O)[C@@H](NS(=O)(=O)c1ccc2ccccc2c1)[C@@H](C)O)B(O)O. The summed E-state index contributed by atoms with van der Waals surface area (Å²) in [4.78, 5) is 12.5. The van der Waals surface area contributed by atoms with Gasteiger partial charge in [-0.05, 0) is 42.2 Å². The molecule has 158 valence electrons. The van der Waals surface area contributed by atoms with Crippen LogP contribution < -0.4 is 10.0 Å². The Kier molecular flexibility index (Phi) is 7.78. The minimum Gasteiger partial charge on any atom is -0.426 e. The number of nitrogens with one attached hydrogen (secondary N) is 2. The van der Waals surface area contributed by atoms with Crippen molar-refractivity contribution in [2.45, 2.75) is 50.2 Å². The van der Waals surface area contributed by atoms with Crippen LogP contribution in [0, 0.1) is 5.92 Å². The molecule has 0 unspecified atom stereocenters. The van der Waals surface area contributed by atoms with Crippen molar-refractivity contribution in [3.05, 3.63) is 42.5 Å². The van der Waals surface area contributed by atoms with Crippen LogP contribution in [-0.2, 0) is 14.8 Å². The highest BCUT2D eigenvalue weighted by molar-refractivity contribution is 7.89. The quantitative estimate of drug-likeness (QED) is 0.372. The third-order valence-corrected chi connectivity index (χ3v) is 5.93. The van der Waals surface area contributed by atoms with Crippen LogP contribution in [0.1, 0.15) is 27.2 Å². The van der Waals surface area contributed by atoms with Crippen molar-refractivity contribution in [3.63, 3.8) is 0 Å². The molecule has 3 atom stereocenters. The highest BCUT2D eigenvalue weighted by Crippen LogP contribution is 2.19. The van der Waals surface area contributed by atoms with Crippen LogP contribution in [0.2, 0.25) is 0 Å². The summed E-state index contributed by atoms with van der Waals surface area (Å²) in [6, 6.07) is 10.3. The Bertz CT molecular complexity index is 949. The van der Waals surface area contributed by atoms with E-state index >= 15 is 0 Å². The first kappa shape index (κ1) is 23.3. The average molecular weight is 422 g/mol. The molecule has 0 fully saturated rings. The molecule has 0 spiro atoms. The molecule has 0 aromatic heterocycles. The van der Waals surface area contributed by atoms with Crippen molar-refractivity contribution in [2.24, 2.45) is 5.92 Å². The van der Waals surface area contributed by atoms with Gasteiger partial charge in [-0.25, -0.2) is 8.42 Å². The largest absolute Gasteiger partial charge is 0.475 e. The molecule has 2 aromatic rings. The van der Waals surface area contributed by atoms with Gasteiger partial charge in [0.1, 0.15) is 6.04 Å². The van der Waals surface area contributed by atoms with Crippen LogP contribution in [-0.4, -0.2) is 54.7 Å². The van der Waals surface area contributed by atoms with Crippen molar-refractivity contribution in [1.29, 1.82) is 0 Å². The monoisotopic (exact) mass is 422 g/mol. The number of aliphatic hydroxyl groups is 1. The van der Waals surface area contributed by atoms with Crippen molar-refractivity contribution in [1.82, 2.24) is 10.0 Å². The lowest BCUT2D eigenvalue weighted by molar-refractivity contribution is -0.125. The lowest BCUT2D eigenvalue weighted by Crippen LogP contribution is -2.57. The molecule has 0 aliphatic rings. The molecule has 0 saturated heterocycles. The van der Waals surface area contributed by atoms with E-state index in [9.17, 15) is 28.4 Å². The minimum atomic E-state index is -4.12. The summed E-state index contributed by atoms with van der Waals surface area (Å²) in [7, 11) is -5.93. The van der Waals surface area contributed by atoms with Gasteiger partial charge in [0, 0.05) is 0 Å². The number of aliphatic hydroxyl groups excluding tert-OH is 1. The third kappa shape index (κ3) is 6.25. The molecule has 29 heavy (non-hydrogen) atoms. The molecular weight excluding hydrogens is 395 g/mol. The van der Waals surface area contributed by atoms with Crippen LogP contribution >= 0.6 is 0 Å². The number of rotatable bonds is 9. The molecule has 0 heterocycles. The first-order valence-corrected chi connectivity index (χ1v) is 10.9. The fraction of sp³-hybridized carbons (Fsp3) is 0.421. The Balaban J connectivity index is 2.24. The van der Waals surface area contributed by atoms with Gasteiger partial charge in [0.15, 0.2) is 0 Å². The second kappa shape index (κ2) is 9.68. The lowest BCUT2D eigenvalue weighted by atomic mass is 9.75. The third-order valence-electron chi connectivity index (χ3n) is 4.49. The summed E-state index contributed by atoms with van der Waals surface area (Å²) in [5.41, 5.74) is 0. The van der Waals surface area contributed by atoms with Gasteiger partial charge in [0.25, 0.3) is 0 Å². The second-order valence-corrected chi connectivity index (χ2v) is 9.22. The predicted octanol–water partition coefficient (Wildman–Crippen LogP) is 0.410. The first-order chi connectivity index (χ1) is 13.5. The molecule has 2 rings (SSSR count). The lowest BCUT2D eigenvalue weighted by Gasteiger charge is -2.25. The van der Waals surface area contributed by atoms with E-state index in [2.05, 4.69) is 10.0 Å². The summed E-state index contributed by atoms with van der Waals surface area (Å²) in [5, 5.41) is 32.9. The summed E-state index contributed by atoms with van der Waals surface area (Å²) in [6.07, 6.45) is -1.08. The van der Waals surface area contributed by atoms with E-state index in [-0.39, 0.29) is 17.2 Å². The zero-order chi connectivity index (χ0) is 21.8. The fourth-order valence-corrected chi connectivity index (χ4v) is 4.28. The summed E-state index contributed by atoms with van der Waals surface area (Å²) >= 11 is 0. The van der Waals surface area contributed by atoms with Crippen LogP contribution in [0.4, 0.5) is 0 Å². The molecule has 0 aliphatic heterocycles. The average Bonchev–Trinajstić information content (AvgIpc) is 2.64. The highest BCUT2D eigenvalue weighted by Gasteiger charge is 2.33. The molecule has 0 radical (unpaired) electrons. The molecule has 0 aliphatic carbocycles. The number of carbonyl (C=O) groups is 1. The zero-order valence-corrected chi connectivity index (χ0v) is 17.4. The number of hydrogen-bond acceptors (Lipinski definition) is 6. The van der Waals surface area contributed by atoms with E-state index in [0.717, 1.165) is 5.39 Å². The number of amides is 1.